The Morgan fingerprint density at radius 2 is 1.06 bits per heavy atom. The highest BCUT2D eigenvalue weighted by atomic mass is 35.5. The number of benzene rings is 2. The molecule has 16 heteroatoms. The molecule has 486 valence electrons. The van der Waals surface area contributed by atoms with Gasteiger partial charge < -0.3 is 39.8 Å². The minimum atomic E-state index is -1.34. The zero-order valence-electron chi connectivity index (χ0n) is 55.6. The van der Waals surface area contributed by atoms with Crippen molar-refractivity contribution in [3.05, 3.63) is 62.6 Å². The molecule has 0 aliphatic heterocycles. The molecule has 4 N–H and O–H groups in total. The molecule has 1 unspecified atom stereocenters. The molecule has 0 radical (unpaired) electrons. The van der Waals surface area contributed by atoms with Crippen LogP contribution in [0.3, 0.4) is 0 Å². The Bertz CT molecular complexity index is 2700. The summed E-state index contributed by atoms with van der Waals surface area (Å²) in [6, 6.07) is 3.15. The lowest BCUT2D eigenvalue weighted by Crippen LogP contribution is -2.53. The van der Waals surface area contributed by atoms with Crippen LogP contribution in [0.1, 0.15) is 265 Å². The Balaban J connectivity index is 1.32. The Morgan fingerprint density at radius 3 is 1.52 bits per heavy atom. The molecule has 0 bridgehead atoms. The number of carbonyl (C=O) groups excluding carboxylic acids is 6. The lowest BCUT2D eigenvalue weighted by atomic mass is 9.44. The molecule has 4 aliphatic rings. The van der Waals surface area contributed by atoms with E-state index in [2.05, 4.69) is 45.3 Å². The van der Waals surface area contributed by atoms with Crippen molar-refractivity contribution in [2.45, 2.75) is 268 Å². The number of ether oxygens (including phenoxy) is 4. The van der Waals surface area contributed by atoms with Crippen LogP contribution in [0.4, 0.5) is 0 Å². The van der Waals surface area contributed by atoms with E-state index in [-0.39, 0.29) is 46.9 Å². The topological polar surface area (TPSA) is 204 Å². The number of hydrogen-bond acceptors (Lipinski definition) is 12. The third kappa shape index (κ3) is 19.1. The van der Waals surface area contributed by atoms with Crippen molar-refractivity contribution >= 4 is 64.5 Å². The molecule has 2 aromatic rings. The molecule has 4 saturated carbocycles. The van der Waals surface area contributed by atoms with Crippen LogP contribution in [0, 0.1) is 58.2 Å². The van der Waals surface area contributed by atoms with Gasteiger partial charge in [0.2, 0.25) is 0 Å². The first-order valence-electron chi connectivity index (χ1n) is 32.5. The Kier molecular flexibility index (Phi) is 23.4. The number of aromatic hydroxyl groups is 2. The van der Waals surface area contributed by atoms with Crippen LogP contribution in [0.5, 0.6) is 11.5 Å². The summed E-state index contributed by atoms with van der Waals surface area (Å²) in [6.07, 6.45) is 17.9. The van der Waals surface area contributed by atoms with Gasteiger partial charge in [0.15, 0.2) is 0 Å². The number of allylic oxidation sites excluding steroid dienone is 1. The number of amides is 2. The normalized spacial score (nSPS) is 24.9. The summed E-state index contributed by atoms with van der Waals surface area (Å²) in [5, 5.41) is 28.1. The molecule has 87 heavy (non-hydrogen) atoms. The van der Waals surface area contributed by atoms with Gasteiger partial charge >= 0.3 is 23.9 Å². The van der Waals surface area contributed by atoms with E-state index >= 15 is 0 Å². The van der Waals surface area contributed by atoms with Crippen molar-refractivity contribution in [3.8, 4) is 11.5 Å². The second-order valence-corrected chi connectivity index (χ2v) is 31.9. The predicted molar refractivity (Wildman–Crippen MR) is 343 cm³/mol. The van der Waals surface area contributed by atoms with Gasteiger partial charge in [-0.25, -0.2) is 9.59 Å². The third-order valence-corrected chi connectivity index (χ3v) is 19.8. The summed E-state index contributed by atoms with van der Waals surface area (Å²) in [5.74, 6) is 0.0147. The molecule has 14 nitrogen and oxygen atoms in total. The van der Waals surface area contributed by atoms with Crippen molar-refractivity contribution in [1.29, 1.82) is 0 Å². The number of phenols is 2. The van der Waals surface area contributed by atoms with Crippen LogP contribution < -0.4 is 10.6 Å². The number of carbonyl (C=O) groups is 6. The molecular weight excluding hydrogens is 1140 g/mol. The second-order valence-electron chi connectivity index (χ2n) is 31.1. The maximum Gasteiger partial charge on any atom is 0.329 e. The number of nitrogens with one attached hydrogen (secondary N) is 2. The van der Waals surface area contributed by atoms with Crippen LogP contribution >= 0.6 is 23.2 Å². The summed E-state index contributed by atoms with van der Waals surface area (Å²) < 4.78 is 22.3. The van der Waals surface area contributed by atoms with Crippen molar-refractivity contribution in [1.82, 2.24) is 10.6 Å². The van der Waals surface area contributed by atoms with Gasteiger partial charge in [-0.3, -0.25) is 19.2 Å². The fraction of sp³-hybridized carbons (Fsp3) is 0.718. The monoisotopic (exact) mass is 1250 g/mol. The first-order chi connectivity index (χ1) is 40.2. The number of rotatable bonds is 22. The Morgan fingerprint density at radius 1 is 0.598 bits per heavy atom. The fourth-order valence-corrected chi connectivity index (χ4v) is 15.8. The first-order valence-corrected chi connectivity index (χ1v) is 33.2. The van der Waals surface area contributed by atoms with Crippen LogP contribution in [0.2, 0.25) is 10.0 Å². The van der Waals surface area contributed by atoms with Crippen molar-refractivity contribution in [2.75, 3.05) is 0 Å². The summed E-state index contributed by atoms with van der Waals surface area (Å²) in [4.78, 5) is 82.2. The number of esters is 4. The minimum absolute atomic E-state index is 0.178. The van der Waals surface area contributed by atoms with E-state index in [1.807, 2.05) is 6.08 Å². The lowest BCUT2D eigenvalue weighted by Gasteiger charge is -2.61. The van der Waals surface area contributed by atoms with Gasteiger partial charge in [0.05, 0.1) is 21.2 Å². The summed E-state index contributed by atoms with van der Waals surface area (Å²) >= 11 is 13.7. The lowest BCUT2D eigenvalue weighted by molar-refractivity contribution is -0.160. The van der Waals surface area contributed by atoms with Gasteiger partial charge in [-0.15, -0.1) is 0 Å². The largest absolute Gasteiger partial charge is 0.506 e. The molecule has 4 fully saturated rings. The van der Waals surface area contributed by atoms with Gasteiger partial charge in [0, 0.05) is 12.8 Å². The standard InChI is InChI=1S/C71H106Cl2N2O12/c1-41(2)20-18-21-42(3)51-26-27-52-48-25-24-46-36-43(32-34-70(46,16)53(48)33-35-71(51,52)17)22-19-23-47(44-37-49(60(78)54(72)39-44)62(80)74-56(64(82)86-68(10,11)12)28-30-58(76)84-66(4,5)6)45-38-50(61(79)55(73)40-45)63(81)75-57(65(83)87-69(13,14)15)29-31-59(77)85-67(7,8)9/h23,37-43,46,48,51-53,56-57,78-79H,18-22,24-36H2,1-17H3,(H,74,80)(H,75,81)/t42-,43+,46?,48+,51-,52+,53+,56+,57+,70+,71-/m1/s1. The van der Waals surface area contributed by atoms with Crippen LogP contribution in [-0.2, 0) is 38.1 Å². The zero-order chi connectivity index (χ0) is 64.9. The van der Waals surface area contributed by atoms with Crippen LogP contribution in [0.25, 0.3) is 5.57 Å². The Hall–Kier alpha value is -4.82. The number of phenolic OH excluding ortho intramolecular Hbond substituents is 2. The number of halogens is 2. The third-order valence-electron chi connectivity index (χ3n) is 19.2. The molecule has 0 aromatic heterocycles. The predicted octanol–water partition coefficient (Wildman–Crippen LogP) is 16.5. The van der Waals surface area contributed by atoms with Crippen LogP contribution in [-0.4, -0.2) is 80.4 Å². The van der Waals surface area contributed by atoms with Gasteiger partial charge in [-0.1, -0.05) is 83.2 Å². The van der Waals surface area contributed by atoms with E-state index in [1.54, 1.807) is 83.1 Å². The maximum absolute atomic E-state index is 14.5. The number of fused-ring (bicyclic) bond motifs is 5. The van der Waals surface area contributed by atoms with Gasteiger partial charge in [-0.2, -0.15) is 0 Å². The molecule has 0 heterocycles. The average molecular weight is 1250 g/mol. The van der Waals surface area contributed by atoms with Crippen molar-refractivity contribution in [3.63, 3.8) is 0 Å². The van der Waals surface area contributed by atoms with E-state index in [9.17, 15) is 39.0 Å². The molecule has 6 rings (SSSR count). The van der Waals surface area contributed by atoms with E-state index in [0.29, 0.717) is 45.8 Å². The Labute approximate surface area is 530 Å². The van der Waals surface area contributed by atoms with Crippen LogP contribution in [0.15, 0.2) is 30.3 Å². The quantitative estimate of drug-likeness (QED) is 0.0642. The van der Waals surface area contributed by atoms with Crippen molar-refractivity contribution in [2.24, 2.45) is 58.2 Å². The number of hydrogen-bond donors (Lipinski definition) is 4. The smallest absolute Gasteiger partial charge is 0.329 e. The van der Waals surface area contributed by atoms with E-state index < -0.39 is 81.7 Å². The highest BCUT2D eigenvalue weighted by molar-refractivity contribution is 6.33. The molecule has 0 spiro atoms. The van der Waals surface area contributed by atoms with E-state index in [0.717, 1.165) is 54.8 Å². The fourth-order valence-electron chi connectivity index (χ4n) is 15.4. The first kappa shape index (κ1) is 71.3. The second kappa shape index (κ2) is 28.6. The summed E-state index contributed by atoms with van der Waals surface area (Å²) in [7, 11) is 0. The van der Waals surface area contributed by atoms with E-state index in [4.69, 9.17) is 42.1 Å². The highest BCUT2D eigenvalue weighted by Crippen LogP contribution is 2.69. The molecule has 2 amide bonds. The van der Waals surface area contributed by atoms with Gasteiger partial charge in [-0.05, 0) is 266 Å². The molecule has 0 saturated heterocycles. The molecule has 4 aliphatic carbocycles. The van der Waals surface area contributed by atoms with Gasteiger partial charge in [0.1, 0.15) is 46.0 Å². The zero-order valence-corrected chi connectivity index (χ0v) is 57.1. The summed E-state index contributed by atoms with van der Waals surface area (Å²) in [5.41, 5.74) is -2.24. The molecule has 11 atom stereocenters. The SMILES string of the molecule is CC(C)CCC[C@@H](C)[C@H]1CC[C@H]2[C@@H]3CCC4C[C@@H](CCC=C(c5cc(Cl)c(O)c(C(=O)N[C@@H](CCC(=O)OC(C)(C)C)C(=O)OC(C)(C)C)c5)c5cc(Cl)c(O)c(C(=O)N[C@@H](CCC(=O)OC(C)(C)C)C(=O)OC(C)(C)C)c5)CC[C@]4(C)[C@H]3CC[C@]12C. The minimum Gasteiger partial charge on any atom is -0.506 e. The summed E-state index contributed by atoms with van der Waals surface area (Å²) in [6.45, 7) is 32.9. The highest BCUT2D eigenvalue weighted by Gasteiger charge is 2.60. The van der Waals surface area contributed by atoms with Gasteiger partial charge in [0.25, 0.3) is 11.8 Å². The molecule has 2 aromatic carbocycles. The van der Waals surface area contributed by atoms with E-state index in [1.165, 1.54) is 88.5 Å². The average Bonchev–Trinajstić information content (AvgIpc) is 1.74. The maximum atomic E-state index is 14.5. The molecular formula is C71H106Cl2N2O12. The van der Waals surface area contributed by atoms with Crippen molar-refractivity contribution < 1.29 is 57.9 Å².